The predicted octanol–water partition coefficient (Wildman–Crippen LogP) is 3.88. The van der Waals surface area contributed by atoms with Gasteiger partial charge in [-0.2, -0.15) is 4.98 Å². The second-order valence-electron chi connectivity index (χ2n) is 6.39. The molecule has 8 nitrogen and oxygen atoms in total. The number of benzene rings is 2. The van der Waals surface area contributed by atoms with E-state index < -0.39 is 55.6 Å². The molecule has 0 radical (unpaired) electrons. The monoisotopic (exact) mass is 508 g/mol. The topological polar surface area (TPSA) is 102 Å². The molecule has 1 aromatic heterocycles. The SMILES string of the molecule is COCCOc1ccc(Nc2ncc(F)c(NS(=O)(=O)c3c(F)c(F)c(F)c(F)c3F)n2)cc1. The highest BCUT2D eigenvalue weighted by molar-refractivity contribution is 7.92. The van der Waals surface area contributed by atoms with Crippen LogP contribution in [0.4, 0.5) is 43.8 Å². The van der Waals surface area contributed by atoms with E-state index in [1.165, 1.54) is 24.0 Å². The zero-order valence-electron chi connectivity index (χ0n) is 17.0. The van der Waals surface area contributed by atoms with E-state index in [1.807, 2.05) is 0 Å². The van der Waals surface area contributed by atoms with Gasteiger partial charge in [-0.15, -0.1) is 0 Å². The van der Waals surface area contributed by atoms with Crippen molar-refractivity contribution < 1.29 is 44.2 Å². The zero-order valence-corrected chi connectivity index (χ0v) is 17.8. The van der Waals surface area contributed by atoms with Crippen LogP contribution in [0.25, 0.3) is 0 Å². The molecule has 0 saturated carbocycles. The molecule has 0 aliphatic carbocycles. The van der Waals surface area contributed by atoms with Gasteiger partial charge >= 0.3 is 0 Å². The molecule has 0 amide bonds. The van der Waals surface area contributed by atoms with Gasteiger partial charge in [0.15, 0.2) is 39.8 Å². The molecule has 34 heavy (non-hydrogen) atoms. The van der Waals surface area contributed by atoms with Crippen LogP contribution in [0.1, 0.15) is 0 Å². The fraction of sp³-hybridized carbons (Fsp3) is 0.158. The predicted molar refractivity (Wildman–Crippen MR) is 106 cm³/mol. The molecule has 3 rings (SSSR count). The number of methoxy groups -OCH3 is 1. The Labute approximate surface area is 188 Å². The van der Waals surface area contributed by atoms with E-state index in [9.17, 15) is 34.8 Å². The summed E-state index contributed by atoms with van der Waals surface area (Å²) in [7, 11) is -3.99. The van der Waals surface area contributed by atoms with E-state index >= 15 is 0 Å². The van der Waals surface area contributed by atoms with Gasteiger partial charge in [0.05, 0.1) is 12.8 Å². The number of sulfonamides is 1. The normalized spacial score (nSPS) is 11.4. The first-order chi connectivity index (χ1) is 16.0. The summed E-state index contributed by atoms with van der Waals surface area (Å²) in [6.07, 6.45) is 0.522. The number of hydrogen-bond acceptors (Lipinski definition) is 7. The molecule has 2 aromatic carbocycles. The van der Waals surface area contributed by atoms with Crippen molar-refractivity contribution in [1.82, 2.24) is 9.97 Å². The van der Waals surface area contributed by atoms with E-state index in [2.05, 4.69) is 15.3 Å². The van der Waals surface area contributed by atoms with Crippen molar-refractivity contribution in [3.05, 3.63) is 65.4 Å². The minimum Gasteiger partial charge on any atom is -0.491 e. The standard InChI is InChI=1S/C19H14F6N4O4S/c1-32-6-7-33-10-4-2-9(3-5-10)27-19-26-8-11(20)18(28-19)29-34(30,31)17-15(24)13(22)12(21)14(23)16(17)25/h2-5,8H,6-7H2,1H3,(H2,26,27,28,29). The lowest BCUT2D eigenvalue weighted by Gasteiger charge is -2.12. The van der Waals surface area contributed by atoms with Crippen LogP contribution >= 0.6 is 0 Å². The van der Waals surface area contributed by atoms with Gasteiger partial charge in [-0.3, -0.25) is 4.72 Å². The molecule has 182 valence electrons. The number of anilines is 3. The molecule has 0 spiro atoms. The van der Waals surface area contributed by atoms with Crippen LogP contribution in [0.2, 0.25) is 0 Å². The van der Waals surface area contributed by atoms with Gasteiger partial charge in [0.25, 0.3) is 10.0 Å². The first-order valence-corrected chi connectivity index (χ1v) is 10.6. The van der Waals surface area contributed by atoms with Crippen molar-refractivity contribution in [2.45, 2.75) is 4.90 Å². The van der Waals surface area contributed by atoms with Gasteiger partial charge < -0.3 is 14.8 Å². The first kappa shape index (κ1) is 25.0. The summed E-state index contributed by atoms with van der Waals surface area (Å²) in [6.45, 7) is 0.671. The quantitative estimate of drug-likeness (QED) is 0.196. The first-order valence-electron chi connectivity index (χ1n) is 9.10. The summed E-state index contributed by atoms with van der Waals surface area (Å²) >= 11 is 0. The number of rotatable bonds is 9. The lowest BCUT2D eigenvalue weighted by Crippen LogP contribution is -2.21. The van der Waals surface area contributed by atoms with Gasteiger partial charge in [0, 0.05) is 12.8 Å². The Hall–Kier alpha value is -3.59. The summed E-state index contributed by atoms with van der Waals surface area (Å²) < 4.78 is 118. The van der Waals surface area contributed by atoms with Gasteiger partial charge in [-0.1, -0.05) is 0 Å². The van der Waals surface area contributed by atoms with Gasteiger partial charge in [-0.05, 0) is 24.3 Å². The number of hydrogen-bond donors (Lipinski definition) is 2. The molecule has 0 saturated heterocycles. The molecule has 15 heteroatoms. The molecule has 0 bridgehead atoms. The fourth-order valence-electron chi connectivity index (χ4n) is 2.50. The van der Waals surface area contributed by atoms with Crippen LogP contribution in [0.3, 0.4) is 0 Å². The van der Waals surface area contributed by atoms with Crippen molar-refractivity contribution in [1.29, 1.82) is 0 Å². The number of nitrogens with zero attached hydrogens (tertiary/aromatic N) is 2. The summed E-state index contributed by atoms with van der Waals surface area (Å²) in [5.74, 6) is -15.1. The second kappa shape index (κ2) is 10.1. The van der Waals surface area contributed by atoms with Crippen LogP contribution < -0.4 is 14.8 Å². The maximum atomic E-state index is 14.1. The molecule has 0 aliphatic rings. The molecule has 1 heterocycles. The zero-order chi connectivity index (χ0) is 25.0. The van der Waals surface area contributed by atoms with Crippen LogP contribution in [-0.2, 0) is 14.8 Å². The number of ether oxygens (including phenoxy) is 2. The van der Waals surface area contributed by atoms with Gasteiger partial charge in [-0.25, -0.2) is 39.7 Å². The largest absolute Gasteiger partial charge is 0.491 e. The van der Waals surface area contributed by atoms with Crippen molar-refractivity contribution in [2.75, 3.05) is 30.4 Å². The Bertz CT molecular complexity index is 1280. The van der Waals surface area contributed by atoms with E-state index in [0.717, 1.165) is 0 Å². The van der Waals surface area contributed by atoms with Crippen LogP contribution in [-0.4, -0.2) is 38.7 Å². The van der Waals surface area contributed by atoms with Crippen LogP contribution in [0, 0.1) is 34.9 Å². The fourth-order valence-corrected chi connectivity index (χ4v) is 3.66. The van der Waals surface area contributed by atoms with Crippen LogP contribution in [0.5, 0.6) is 5.75 Å². The molecule has 0 fully saturated rings. The third-order valence-electron chi connectivity index (χ3n) is 4.08. The van der Waals surface area contributed by atoms with Crippen LogP contribution in [0.15, 0.2) is 35.4 Å². The van der Waals surface area contributed by atoms with Gasteiger partial charge in [0.2, 0.25) is 11.8 Å². The van der Waals surface area contributed by atoms with Crippen molar-refractivity contribution in [2.24, 2.45) is 0 Å². The maximum absolute atomic E-state index is 14.1. The Morgan fingerprint density at radius 1 is 0.882 bits per heavy atom. The molecule has 3 aromatic rings. The van der Waals surface area contributed by atoms with Crippen molar-refractivity contribution in [3.63, 3.8) is 0 Å². The third-order valence-corrected chi connectivity index (χ3v) is 5.44. The smallest absolute Gasteiger partial charge is 0.269 e. The minimum absolute atomic E-state index is 0.302. The molecular formula is C19H14F6N4O4S. The Balaban J connectivity index is 1.85. The van der Waals surface area contributed by atoms with Crippen molar-refractivity contribution in [3.8, 4) is 5.75 Å². The highest BCUT2D eigenvalue weighted by Gasteiger charge is 2.34. The number of halogens is 6. The number of nitrogens with one attached hydrogen (secondary N) is 2. The lowest BCUT2D eigenvalue weighted by atomic mass is 10.3. The number of aromatic nitrogens is 2. The summed E-state index contributed by atoms with van der Waals surface area (Å²) in [6, 6.07) is 6.17. The van der Waals surface area contributed by atoms with Crippen molar-refractivity contribution >= 4 is 27.5 Å². The Kier molecular flexibility index (Phi) is 7.46. The summed E-state index contributed by atoms with van der Waals surface area (Å²) in [5.41, 5.74) is 0.360. The highest BCUT2D eigenvalue weighted by Crippen LogP contribution is 2.28. The average molecular weight is 508 g/mol. The molecule has 0 atom stereocenters. The molecule has 0 aliphatic heterocycles. The maximum Gasteiger partial charge on any atom is 0.269 e. The van der Waals surface area contributed by atoms with E-state index in [1.54, 1.807) is 12.1 Å². The average Bonchev–Trinajstić information content (AvgIpc) is 2.79. The summed E-state index contributed by atoms with van der Waals surface area (Å²) in [4.78, 5) is 4.94. The Morgan fingerprint density at radius 3 is 2.06 bits per heavy atom. The molecule has 0 unspecified atom stereocenters. The molecular weight excluding hydrogens is 494 g/mol. The van der Waals surface area contributed by atoms with E-state index in [0.29, 0.717) is 30.8 Å². The van der Waals surface area contributed by atoms with E-state index in [4.69, 9.17) is 9.47 Å². The van der Waals surface area contributed by atoms with Gasteiger partial charge in [0.1, 0.15) is 12.4 Å². The van der Waals surface area contributed by atoms with E-state index in [-0.39, 0.29) is 5.95 Å². The Morgan fingerprint density at radius 2 is 1.47 bits per heavy atom. The summed E-state index contributed by atoms with van der Waals surface area (Å²) in [5, 5.41) is 2.62. The minimum atomic E-state index is -5.50. The lowest BCUT2D eigenvalue weighted by molar-refractivity contribution is 0.146. The highest BCUT2D eigenvalue weighted by atomic mass is 32.2. The molecule has 2 N–H and O–H groups in total. The third kappa shape index (κ3) is 5.31. The second-order valence-corrected chi connectivity index (χ2v) is 8.00.